The Morgan fingerprint density at radius 1 is 0.258 bits per heavy atom. The number of benzene rings is 9. The van der Waals surface area contributed by atoms with Crippen LogP contribution >= 0.6 is 0 Å². The van der Waals surface area contributed by atoms with Gasteiger partial charge < -0.3 is 9.13 Å². The third kappa shape index (κ3) is 5.98. The summed E-state index contributed by atoms with van der Waals surface area (Å²) in [5.41, 5.74) is 14.0. The topological polar surface area (TPSA) is 48.5 Å². The van der Waals surface area contributed by atoms with Gasteiger partial charge in [-0.3, -0.25) is 0 Å². The number of fused-ring (bicyclic) bond motifs is 6. The highest BCUT2D eigenvalue weighted by molar-refractivity contribution is 6.15. The van der Waals surface area contributed by atoms with Crippen LogP contribution in [0.2, 0.25) is 0 Å². The summed E-state index contributed by atoms with van der Waals surface area (Å²) in [7, 11) is 0. The molecule has 0 spiro atoms. The number of hydrogen-bond donors (Lipinski definition) is 0. The molecule has 0 saturated heterocycles. The van der Waals surface area contributed by atoms with Crippen LogP contribution in [0.1, 0.15) is 0 Å². The molecular weight excluding hydrogens is 755 g/mol. The van der Waals surface area contributed by atoms with Crippen LogP contribution in [0.4, 0.5) is 0 Å². The van der Waals surface area contributed by atoms with Gasteiger partial charge in [-0.15, -0.1) is 0 Å². The van der Waals surface area contributed by atoms with E-state index in [9.17, 15) is 0 Å². The number of rotatable bonds is 7. The van der Waals surface area contributed by atoms with Gasteiger partial charge >= 0.3 is 0 Å². The number of aromatic nitrogens is 5. The molecule has 5 heteroatoms. The van der Waals surface area contributed by atoms with E-state index in [-0.39, 0.29) is 0 Å². The van der Waals surface area contributed by atoms with Gasteiger partial charge in [0, 0.05) is 49.6 Å². The van der Waals surface area contributed by atoms with Gasteiger partial charge in [0.15, 0.2) is 17.5 Å². The Morgan fingerprint density at radius 3 is 1.39 bits per heavy atom. The maximum Gasteiger partial charge on any atom is 0.164 e. The summed E-state index contributed by atoms with van der Waals surface area (Å²) in [6, 6.07) is 79.1. The molecule has 0 fully saturated rings. The standard InChI is InChI=1S/C57H37N5/c1-4-16-38(17-5-1)39-30-32-40(33-31-39)41-18-14-19-42(36-41)55-58-56(43-34-35-47-46-24-10-12-27-50(46)62(53(47)37-43)45-22-8-3-9-23-45)60-57(59-55)49-26-15-29-52-54(49)48-25-11-13-28-51(48)61(52)44-20-6-2-7-21-44/h1-37H. The zero-order chi connectivity index (χ0) is 41.0. The minimum absolute atomic E-state index is 0.609. The second-order valence-electron chi connectivity index (χ2n) is 15.6. The maximum atomic E-state index is 5.38. The van der Waals surface area contributed by atoms with E-state index in [1.54, 1.807) is 0 Å². The highest BCUT2D eigenvalue weighted by Crippen LogP contribution is 2.40. The summed E-state index contributed by atoms with van der Waals surface area (Å²) in [5, 5.41) is 4.61. The Morgan fingerprint density at radius 2 is 0.694 bits per heavy atom. The van der Waals surface area contributed by atoms with Crippen LogP contribution in [0.15, 0.2) is 224 Å². The lowest BCUT2D eigenvalue weighted by Crippen LogP contribution is -2.01. The molecule has 0 radical (unpaired) electrons. The fourth-order valence-electron chi connectivity index (χ4n) is 9.10. The van der Waals surface area contributed by atoms with Crippen molar-refractivity contribution in [1.82, 2.24) is 24.1 Å². The minimum Gasteiger partial charge on any atom is -0.309 e. The van der Waals surface area contributed by atoms with Gasteiger partial charge in [-0.25, -0.2) is 15.0 Å². The van der Waals surface area contributed by atoms with Gasteiger partial charge in [-0.2, -0.15) is 0 Å². The highest BCUT2D eigenvalue weighted by atomic mass is 15.0. The van der Waals surface area contributed by atoms with E-state index in [2.05, 4.69) is 228 Å². The van der Waals surface area contributed by atoms with Crippen LogP contribution in [0.25, 0.3) is 111 Å². The first-order chi connectivity index (χ1) is 30.7. The van der Waals surface area contributed by atoms with E-state index in [1.165, 1.54) is 21.9 Å². The van der Waals surface area contributed by atoms with Crippen LogP contribution in [0, 0.1) is 0 Å². The molecule has 0 amide bonds. The maximum absolute atomic E-state index is 5.38. The van der Waals surface area contributed by atoms with Crippen molar-refractivity contribution in [3.05, 3.63) is 224 Å². The van der Waals surface area contributed by atoms with Crippen LogP contribution in [-0.4, -0.2) is 24.1 Å². The molecule has 0 aliphatic carbocycles. The number of para-hydroxylation sites is 4. The van der Waals surface area contributed by atoms with Gasteiger partial charge in [0.25, 0.3) is 0 Å². The van der Waals surface area contributed by atoms with Gasteiger partial charge in [0.2, 0.25) is 0 Å². The van der Waals surface area contributed by atoms with Crippen LogP contribution in [-0.2, 0) is 0 Å². The molecule has 3 aromatic heterocycles. The SMILES string of the molecule is c1ccc(-c2ccc(-c3cccc(-c4nc(-c5ccc6c7ccccc7n(-c7ccccc7)c6c5)nc(-c5cccc6c5c5ccccc5n6-c5ccccc5)n4)c3)cc2)cc1. The molecule has 9 aromatic carbocycles. The molecule has 12 rings (SSSR count). The Bertz CT molecular complexity index is 3610. The summed E-state index contributed by atoms with van der Waals surface area (Å²) in [4.78, 5) is 16.0. The van der Waals surface area contributed by atoms with E-state index in [4.69, 9.17) is 15.0 Å². The molecule has 0 N–H and O–H groups in total. The minimum atomic E-state index is 0.609. The molecule has 0 bridgehead atoms. The fraction of sp³-hybridized carbons (Fsp3) is 0. The summed E-state index contributed by atoms with van der Waals surface area (Å²) in [5.74, 6) is 1.84. The van der Waals surface area contributed by atoms with Crippen molar-refractivity contribution in [2.75, 3.05) is 0 Å². The molecule has 0 aliphatic rings. The average Bonchev–Trinajstić information content (AvgIpc) is 3.87. The Kier molecular flexibility index (Phi) is 8.42. The largest absolute Gasteiger partial charge is 0.309 e. The predicted molar refractivity (Wildman–Crippen MR) is 256 cm³/mol. The lowest BCUT2D eigenvalue weighted by atomic mass is 9.99. The molecule has 290 valence electrons. The average molecular weight is 792 g/mol. The second-order valence-corrected chi connectivity index (χ2v) is 15.6. The quantitative estimate of drug-likeness (QED) is 0.162. The molecule has 0 unspecified atom stereocenters. The normalized spacial score (nSPS) is 11.5. The van der Waals surface area contributed by atoms with E-state index in [1.807, 2.05) is 6.07 Å². The molecule has 0 aliphatic heterocycles. The number of nitrogens with zero attached hydrogens (tertiary/aromatic N) is 5. The van der Waals surface area contributed by atoms with E-state index >= 15 is 0 Å². The summed E-state index contributed by atoms with van der Waals surface area (Å²) >= 11 is 0. The first kappa shape index (κ1) is 35.5. The van der Waals surface area contributed by atoms with Crippen LogP contribution in [0.5, 0.6) is 0 Å². The van der Waals surface area contributed by atoms with E-state index < -0.39 is 0 Å². The van der Waals surface area contributed by atoms with E-state index in [0.717, 1.165) is 72.0 Å². The summed E-state index contributed by atoms with van der Waals surface area (Å²) in [6.07, 6.45) is 0. The van der Waals surface area contributed by atoms with Gasteiger partial charge in [0.05, 0.1) is 22.1 Å². The summed E-state index contributed by atoms with van der Waals surface area (Å²) in [6.45, 7) is 0. The van der Waals surface area contributed by atoms with Crippen LogP contribution < -0.4 is 0 Å². The third-order valence-electron chi connectivity index (χ3n) is 12.0. The van der Waals surface area contributed by atoms with Crippen molar-refractivity contribution in [2.45, 2.75) is 0 Å². The van der Waals surface area contributed by atoms with Crippen molar-refractivity contribution < 1.29 is 0 Å². The van der Waals surface area contributed by atoms with Crippen molar-refractivity contribution in [3.63, 3.8) is 0 Å². The van der Waals surface area contributed by atoms with Gasteiger partial charge in [-0.1, -0.05) is 170 Å². The monoisotopic (exact) mass is 791 g/mol. The third-order valence-corrected chi connectivity index (χ3v) is 12.0. The Balaban J connectivity index is 1.07. The fourth-order valence-corrected chi connectivity index (χ4v) is 9.10. The lowest BCUT2D eigenvalue weighted by Gasteiger charge is -2.12. The smallest absolute Gasteiger partial charge is 0.164 e. The first-order valence-electron chi connectivity index (χ1n) is 20.9. The predicted octanol–water partition coefficient (Wildman–Crippen LogP) is 14.4. The summed E-state index contributed by atoms with van der Waals surface area (Å²) < 4.78 is 4.67. The molecule has 5 nitrogen and oxygen atoms in total. The van der Waals surface area contributed by atoms with Crippen molar-refractivity contribution >= 4 is 43.6 Å². The lowest BCUT2D eigenvalue weighted by molar-refractivity contribution is 1.08. The van der Waals surface area contributed by atoms with Crippen LogP contribution in [0.3, 0.4) is 0 Å². The zero-order valence-electron chi connectivity index (χ0n) is 33.6. The zero-order valence-corrected chi connectivity index (χ0v) is 33.6. The molecular formula is C57H37N5. The molecule has 62 heavy (non-hydrogen) atoms. The highest BCUT2D eigenvalue weighted by Gasteiger charge is 2.21. The van der Waals surface area contributed by atoms with Gasteiger partial charge in [0.1, 0.15) is 0 Å². The molecule has 0 saturated carbocycles. The van der Waals surface area contributed by atoms with Gasteiger partial charge in [-0.05, 0) is 76.9 Å². The molecule has 12 aromatic rings. The molecule has 3 heterocycles. The Labute approximate surface area is 358 Å². The molecule has 0 atom stereocenters. The Hall–Kier alpha value is -8.41. The van der Waals surface area contributed by atoms with E-state index in [0.29, 0.717) is 17.5 Å². The number of hydrogen-bond acceptors (Lipinski definition) is 3. The second kappa shape index (κ2) is 14.7. The first-order valence-corrected chi connectivity index (χ1v) is 20.9. The van der Waals surface area contributed by atoms with Crippen molar-refractivity contribution in [1.29, 1.82) is 0 Å². The van der Waals surface area contributed by atoms with Crippen molar-refractivity contribution in [2.24, 2.45) is 0 Å². The van der Waals surface area contributed by atoms with Crippen molar-refractivity contribution in [3.8, 4) is 67.8 Å².